The van der Waals surface area contributed by atoms with Gasteiger partial charge in [0.2, 0.25) is 0 Å². The van der Waals surface area contributed by atoms with Crippen LogP contribution in [0.25, 0.3) is 0 Å². The molecule has 0 saturated heterocycles. The van der Waals surface area contributed by atoms with Crippen molar-refractivity contribution in [3.63, 3.8) is 0 Å². The molecular weight excluding hydrogens is 592 g/mol. The van der Waals surface area contributed by atoms with Gasteiger partial charge in [-0.25, -0.2) is 9.80 Å². The number of anilines is 2. The molecule has 2 aliphatic heterocycles. The van der Waals surface area contributed by atoms with Gasteiger partial charge in [0, 0.05) is 41.9 Å². The monoisotopic (exact) mass is 626 g/mol. The molecule has 0 spiro atoms. The molecule has 8 heteroatoms. The smallest absolute Gasteiger partial charge is 0.258 e. The van der Waals surface area contributed by atoms with Crippen LogP contribution in [-0.4, -0.2) is 23.6 Å². The van der Waals surface area contributed by atoms with Gasteiger partial charge < -0.3 is 9.47 Å². The summed E-state index contributed by atoms with van der Waals surface area (Å²) in [6.07, 6.45) is 5.03. The molecule has 0 N–H and O–H groups in total. The SMILES string of the molecule is Cc1cc(C(C)(C)c2cc(C)c(Oc3cccc(N4C(=O)C=CC4=O)c3)c(C)c2)cc(C)c1Oc1cccc(N2C(=O)C=CC2=O)c1. The van der Waals surface area contributed by atoms with Gasteiger partial charge in [-0.15, -0.1) is 0 Å². The van der Waals surface area contributed by atoms with Crippen LogP contribution in [0.4, 0.5) is 11.4 Å². The molecule has 0 unspecified atom stereocenters. The zero-order valence-electron chi connectivity index (χ0n) is 27.1. The normalized spacial score (nSPS) is 14.5. The van der Waals surface area contributed by atoms with Crippen LogP contribution in [0.15, 0.2) is 97.1 Å². The summed E-state index contributed by atoms with van der Waals surface area (Å²) in [5.74, 6) is 0.960. The maximum atomic E-state index is 12.2. The minimum absolute atomic E-state index is 0.366. The molecule has 4 aromatic rings. The number of ether oxygens (including phenoxy) is 2. The third-order valence-corrected chi connectivity index (χ3v) is 8.57. The average molecular weight is 627 g/mol. The summed E-state index contributed by atoms with van der Waals surface area (Å²) in [4.78, 5) is 50.9. The largest absolute Gasteiger partial charge is 0.457 e. The summed E-state index contributed by atoms with van der Waals surface area (Å²) in [6.45, 7) is 12.4. The Bertz CT molecular complexity index is 1830. The third kappa shape index (κ3) is 5.86. The van der Waals surface area contributed by atoms with Crippen molar-refractivity contribution in [2.45, 2.75) is 47.0 Å². The van der Waals surface area contributed by atoms with Gasteiger partial charge in [-0.1, -0.05) is 50.2 Å². The number of nitrogens with zero attached hydrogens (tertiary/aromatic N) is 2. The minimum Gasteiger partial charge on any atom is -0.457 e. The molecule has 0 bridgehead atoms. The van der Waals surface area contributed by atoms with Crippen molar-refractivity contribution in [1.29, 1.82) is 0 Å². The Labute approximate surface area is 273 Å². The van der Waals surface area contributed by atoms with Gasteiger partial charge in [-0.05, 0) is 85.3 Å². The zero-order chi connectivity index (χ0) is 33.6. The number of hydrogen-bond donors (Lipinski definition) is 0. The van der Waals surface area contributed by atoms with Crippen molar-refractivity contribution >= 4 is 35.0 Å². The van der Waals surface area contributed by atoms with Gasteiger partial charge >= 0.3 is 0 Å². The van der Waals surface area contributed by atoms with Crippen LogP contribution in [-0.2, 0) is 24.6 Å². The second kappa shape index (κ2) is 11.9. The molecule has 4 amide bonds. The van der Waals surface area contributed by atoms with Crippen LogP contribution < -0.4 is 19.3 Å². The predicted molar refractivity (Wildman–Crippen MR) is 180 cm³/mol. The lowest BCUT2D eigenvalue weighted by atomic mass is 9.76. The Kier molecular flexibility index (Phi) is 7.89. The maximum Gasteiger partial charge on any atom is 0.258 e. The van der Waals surface area contributed by atoms with E-state index >= 15 is 0 Å². The summed E-state index contributed by atoms with van der Waals surface area (Å²) in [5, 5.41) is 0. The first-order valence-electron chi connectivity index (χ1n) is 15.2. The lowest BCUT2D eigenvalue weighted by Gasteiger charge is -2.29. The number of amides is 4. The van der Waals surface area contributed by atoms with E-state index < -0.39 is 0 Å². The van der Waals surface area contributed by atoms with E-state index in [9.17, 15) is 19.2 Å². The third-order valence-electron chi connectivity index (χ3n) is 8.57. The molecule has 6 rings (SSSR count). The lowest BCUT2D eigenvalue weighted by molar-refractivity contribution is -0.121. The van der Waals surface area contributed by atoms with Crippen LogP contribution in [0.2, 0.25) is 0 Å². The fourth-order valence-electron chi connectivity index (χ4n) is 6.03. The highest BCUT2D eigenvalue weighted by atomic mass is 16.5. The highest BCUT2D eigenvalue weighted by molar-refractivity contribution is 6.28. The van der Waals surface area contributed by atoms with Gasteiger partial charge in [-0.3, -0.25) is 19.2 Å². The van der Waals surface area contributed by atoms with E-state index in [4.69, 9.17) is 9.47 Å². The first-order valence-corrected chi connectivity index (χ1v) is 15.2. The molecular formula is C39H34N2O6. The molecule has 0 radical (unpaired) electrons. The van der Waals surface area contributed by atoms with Crippen LogP contribution in [0, 0.1) is 27.7 Å². The van der Waals surface area contributed by atoms with Crippen LogP contribution >= 0.6 is 0 Å². The van der Waals surface area contributed by atoms with E-state index in [1.54, 1.807) is 48.5 Å². The van der Waals surface area contributed by atoms with Crippen molar-refractivity contribution < 1.29 is 28.7 Å². The van der Waals surface area contributed by atoms with Crippen LogP contribution in [0.1, 0.15) is 47.2 Å². The van der Waals surface area contributed by atoms with Crippen molar-refractivity contribution in [3.05, 3.63) is 130 Å². The summed E-state index contributed by atoms with van der Waals surface area (Å²) >= 11 is 0. The second-order valence-corrected chi connectivity index (χ2v) is 12.4. The topological polar surface area (TPSA) is 93.2 Å². The highest BCUT2D eigenvalue weighted by Crippen LogP contribution is 2.41. The van der Waals surface area contributed by atoms with E-state index in [1.165, 1.54) is 24.3 Å². The second-order valence-electron chi connectivity index (χ2n) is 12.4. The van der Waals surface area contributed by atoms with E-state index in [1.807, 2.05) is 27.7 Å². The van der Waals surface area contributed by atoms with Gasteiger partial charge in [0.15, 0.2) is 0 Å². The van der Waals surface area contributed by atoms with Crippen molar-refractivity contribution in [2.24, 2.45) is 0 Å². The maximum absolute atomic E-state index is 12.2. The molecule has 47 heavy (non-hydrogen) atoms. The summed E-state index contributed by atoms with van der Waals surface area (Å²) in [7, 11) is 0. The molecule has 0 atom stereocenters. The Balaban J connectivity index is 1.24. The Morgan fingerprint density at radius 1 is 0.489 bits per heavy atom. The number of rotatable bonds is 8. The van der Waals surface area contributed by atoms with Crippen molar-refractivity contribution in [2.75, 3.05) is 9.80 Å². The molecule has 8 nitrogen and oxygen atoms in total. The van der Waals surface area contributed by atoms with Crippen molar-refractivity contribution in [1.82, 2.24) is 0 Å². The van der Waals surface area contributed by atoms with Crippen LogP contribution in [0.3, 0.4) is 0 Å². The first kappa shape index (κ1) is 31.2. The number of benzene rings is 4. The molecule has 4 aromatic carbocycles. The molecule has 0 aliphatic carbocycles. The molecule has 0 fully saturated rings. The Hall–Kier alpha value is -5.76. The fraction of sp³-hybridized carbons (Fsp3) is 0.179. The molecule has 2 aliphatic rings. The standard InChI is InChI=1S/C39H34N2O6/c1-23-17-27(18-24(2)37(23)46-31-11-7-9-29(21-31)40-33(42)13-14-34(40)43)39(5,6)28-19-25(3)38(26(4)20-28)47-32-12-8-10-30(22-32)41-35(44)15-16-36(41)45/h7-22H,1-6H3. The van der Waals surface area contributed by atoms with E-state index in [0.717, 1.165) is 43.2 Å². The average Bonchev–Trinajstić information content (AvgIpc) is 3.55. The molecule has 236 valence electrons. The highest BCUT2D eigenvalue weighted by Gasteiger charge is 2.29. The van der Waals surface area contributed by atoms with E-state index in [-0.39, 0.29) is 29.0 Å². The summed E-state index contributed by atoms with van der Waals surface area (Å²) in [6, 6.07) is 22.4. The zero-order valence-corrected chi connectivity index (χ0v) is 27.1. The van der Waals surface area contributed by atoms with Gasteiger partial charge in [0.05, 0.1) is 11.4 Å². The number of carbonyl (C=O) groups excluding carboxylic acids is 4. The Morgan fingerprint density at radius 2 is 0.809 bits per heavy atom. The number of carbonyl (C=O) groups is 4. The minimum atomic E-state index is -0.379. The molecule has 0 aromatic heterocycles. The summed E-state index contributed by atoms with van der Waals surface area (Å²) in [5.41, 5.74) is 6.57. The molecule has 2 heterocycles. The fourth-order valence-corrected chi connectivity index (χ4v) is 6.03. The summed E-state index contributed by atoms with van der Waals surface area (Å²) < 4.78 is 12.6. The molecule has 0 saturated carbocycles. The Morgan fingerprint density at radius 3 is 1.13 bits per heavy atom. The number of aryl methyl sites for hydroxylation is 4. The van der Waals surface area contributed by atoms with E-state index in [0.29, 0.717) is 34.4 Å². The predicted octanol–water partition coefficient (Wildman–Crippen LogP) is 7.69. The van der Waals surface area contributed by atoms with Crippen LogP contribution in [0.5, 0.6) is 23.0 Å². The quantitative estimate of drug-likeness (QED) is 0.186. The number of imide groups is 2. The van der Waals surface area contributed by atoms with Crippen molar-refractivity contribution in [3.8, 4) is 23.0 Å². The van der Waals surface area contributed by atoms with Gasteiger partial charge in [0.1, 0.15) is 23.0 Å². The van der Waals surface area contributed by atoms with E-state index in [2.05, 4.69) is 38.1 Å². The number of hydrogen-bond acceptors (Lipinski definition) is 6. The van der Waals surface area contributed by atoms with Gasteiger partial charge in [0.25, 0.3) is 23.6 Å². The first-order chi connectivity index (χ1) is 22.3. The van der Waals surface area contributed by atoms with Gasteiger partial charge in [-0.2, -0.15) is 0 Å². The lowest BCUT2D eigenvalue weighted by Crippen LogP contribution is -2.29.